The summed E-state index contributed by atoms with van der Waals surface area (Å²) in [6.45, 7) is 0. The third-order valence-electron chi connectivity index (χ3n) is 5.23. The molecule has 0 spiro atoms. The van der Waals surface area contributed by atoms with Crippen LogP contribution in [0.15, 0.2) is 53.0 Å². The zero-order valence-electron chi connectivity index (χ0n) is 18.3. The molecule has 1 aliphatic rings. The Kier molecular flexibility index (Phi) is 6.95. The molecule has 1 atom stereocenters. The Hall–Kier alpha value is -4.93. The van der Waals surface area contributed by atoms with Gasteiger partial charge < -0.3 is 15.2 Å². The summed E-state index contributed by atoms with van der Waals surface area (Å²) in [5.41, 5.74) is 0.217. The molecule has 0 saturated heterocycles. The van der Waals surface area contributed by atoms with E-state index in [0.29, 0.717) is 0 Å². The smallest absolute Gasteiger partial charge is 0.355 e. The minimum Gasteiger partial charge on any atom is -0.466 e. The van der Waals surface area contributed by atoms with Gasteiger partial charge in [0.15, 0.2) is 17.3 Å². The van der Waals surface area contributed by atoms with Crippen LogP contribution in [0.2, 0.25) is 0 Å². The molecule has 0 amide bonds. The van der Waals surface area contributed by atoms with Gasteiger partial charge in [0, 0.05) is 0 Å². The van der Waals surface area contributed by atoms with E-state index in [2.05, 4.69) is 4.74 Å². The fourth-order valence-electron chi connectivity index (χ4n) is 3.72. The number of anilines is 1. The van der Waals surface area contributed by atoms with Crippen molar-refractivity contribution in [2.45, 2.75) is 5.92 Å². The molecule has 0 aliphatic carbocycles. The number of nitriles is 1. The van der Waals surface area contributed by atoms with Gasteiger partial charge in [-0.2, -0.15) is 9.65 Å². The molecular formula is C22H14F4N4O6. The molecule has 0 saturated carbocycles. The maximum Gasteiger partial charge on any atom is 0.355 e. The number of carbonyl (C=O) groups excluding carboxylic acids is 2. The summed E-state index contributed by atoms with van der Waals surface area (Å²) < 4.78 is 67.0. The first-order valence-corrected chi connectivity index (χ1v) is 9.69. The van der Waals surface area contributed by atoms with Crippen LogP contribution in [0.5, 0.6) is 0 Å². The highest BCUT2D eigenvalue weighted by Crippen LogP contribution is 2.47. The predicted octanol–water partition coefficient (Wildman–Crippen LogP) is 3.05. The lowest BCUT2D eigenvalue weighted by molar-refractivity contribution is -0.387. The van der Waals surface area contributed by atoms with Crippen molar-refractivity contribution >= 4 is 23.3 Å². The molecule has 0 bridgehead atoms. The van der Waals surface area contributed by atoms with Crippen molar-refractivity contribution in [3.63, 3.8) is 0 Å². The number of hydrogen-bond acceptors (Lipinski definition) is 9. The number of ether oxygens (including phenoxy) is 2. The highest BCUT2D eigenvalue weighted by Gasteiger charge is 2.47. The summed E-state index contributed by atoms with van der Waals surface area (Å²) in [7, 11) is 1.71. The topological polar surface area (TPSA) is 149 Å². The molecule has 1 aliphatic heterocycles. The average Bonchev–Trinajstić information content (AvgIpc) is 2.88. The first-order chi connectivity index (χ1) is 17.0. The van der Waals surface area contributed by atoms with Crippen LogP contribution < -0.4 is 10.6 Å². The van der Waals surface area contributed by atoms with E-state index in [4.69, 9.17) is 10.5 Å². The second-order valence-corrected chi connectivity index (χ2v) is 7.05. The summed E-state index contributed by atoms with van der Waals surface area (Å²) >= 11 is 0. The normalized spacial score (nSPS) is 15.5. The average molecular weight is 506 g/mol. The number of hydrogen-bond donors (Lipinski definition) is 1. The molecule has 3 rings (SSSR count). The fourth-order valence-corrected chi connectivity index (χ4v) is 3.72. The molecular weight excluding hydrogens is 492 g/mol. The van der Waals surface area contributed by atoms with E-state index in [0.717, 1.165) is 14.2 Å². The molecule has 0 radical (unpaired) electrons. The van der Waals surface area contributed by atoms with E-state index in [-0.39, 0.29) is 10.5 Å². The highest BCUT2D eigenvalue weighted by molar-refractivity contribution is 6.06. The number of rotatable bonds is 5. The van der Waals surface area contributed by atoms with Crippen molar-refractivity contribution in [1.82, 2.24) is 0 Å². The minimum atomic E-state index is -2.51. The van der Waals surface area contributed by atoms with Crippen LogP contribution in [-0.2, 0) is 19.1 Å². The van der Waals surface area contributed by atoms with Crippen LogP contribution in [0.3, 0.4) is 0 Å². The monoisotopic (exact) mass is 506 g/mol. The van der Waals surface area contributed by atoms with Crippen LogP contribution in [0.25, 0.3) is 0 Å². The van der Waals surface area contributed by atoms with Crippen molar-refractivity contribution in [3.05, 3.63) is 91.9 Å². The Labute approximate surface area is 199 Å². The van der Waals surface area contributed by atoms with Crippen molar-refractivity contribution in [2.75, 3.05) is 19.1 Å². The SMILES string of the molecule is COC(=O)C1=C(C(=O)OC)N(c2c(F)c(F)c(F)c(F)c2[N+](=O)[O-])C(N)=C(C#N)C1c1ccccc1. The van der Waals surface area contributed by atoms with Crippen molar-refractivity contribution in [1.29, 1.82) is 5.26 Å². The zero-order valence-corrected chi connectivity index (χ0v) is 18.3. The van der Waals surface area contributed by atoms with Gasteiger partial charge >= 0.3 is 17.6 Å². The Balaban J connectivity index is 2.60. The number of halogens is 4. The van der Waals surface area contributed by atoms with E-state index in [1.54, 1.807) is 12.1 Å². The summed E-state index contributed by atoms with van der Waals surface area (Å²) in [6, 6.07) is 9.13. The molecule has 14 heteroatoms. The summed E-state index contributed by atoms with van der Waals surface area (Å²) in [6.07, 6.45) is 0. The summed E-state index contributed by atoms with van der Waals surface area (Å²) in [4.78, 5) is 35.9. The highest BCUT2D eigenvalue weighted by atomic mass is 19.2. The second-order valence-electron chi connectivity index (χ2n) is 7.05. The van der Waals surface area contributed by atoms with Crippen molar-refractivity contribution < 1.29 is 41.5 Å². The third kappa shape index (κ3) is 3.86. The molecule has 1 heterocycles. The van der Waals surface area contributed by atoms with E-state index in [1.807, 2.05) is 0 Å². The van der Waals surface area contributed by atoms with Gasteiger partial charge in [-0.1, -0.05) is 30.3 Å². The van der Waals surface area contributed by atoms with Gasteiger partial charge in [-0.15, -0.1) is 0 Å². The van der Waals surface area contributed by atoms with Gasteiger partial charge in [-0.3, -0.25) is 15.0 Å². The van der Waals surface area contributed by atoms with Crippen LogP contribution >= 0.6 is 0 Å². The van der Waals surface area contributed by atoms with Gasteiger partial charge in [0.2, 0.25) is 11.6 Å². The number of allylic oxidation sites excluding steroid dienone is 1. The first kappa shape index (κ1) is 25.7. The third-order valence-corrected chi connectivity index (χ3v) is 5.23. The summed E-state index contributed by atoms with van der Waals surface area (Å²) in [5, 5.41) is 21.5. The molecule has 2 aromatic carbocycles. The number of nitrogens with zero attached hydrogens (tertiary/aromatic N) is 3. The standard InChI is InChI=1S/C22H14F4N4O6/c1-35-21(31)12-11(9-6-4-3-5-7-9)10(8-27)20(28)29(17(12)22(32)36-2)18-15(25)13(23)14(24)16(26)19(18)30(33)34/h3-7,11H,28H2,1-2H3. The van der Waals surface area contributed by atoms with Gasteiger partial charge in [-0.25, -0.2) is 22.8 Å². The van der Waals surface area contributed by atoms with Gasteiger partial charge in [-0.05, 0) is 5.56 Å². The number of methoxy groups -OCH3 is 2. The van der Waals surface area contributed by atoms with E-state index < -0.39 is 80.1 Å². The minimum absolute atomic E-state index is 0.0646. The van der Waals surface area contributed by atoms with Crippen LogP contribution in [0.1, 0.15) is 11.5 Å². The number of benzene rings is 2. The lowest BCUT2D eigenvalue weighted by Crippen LogP contribution is -2.41. The molecule has 186 valence electrons. The molecule has 36 heavy (non-hydrogen) atoms. The quantitative estimate of drug-likeness (QED) is 0.161. The number of nitro benzene ring substituents is 1. The number of carbonyl (C=O) groups is 2. The lowest BCUT2D eigenvalue weighted by Gasteiger charge is -2.35. The van der Waals surface area contributed by atoms with Crippen molar-refractivity contribution in [3.8, 4) is 6.07 Å². The molecule has 0 aromatic heterocycles. The lowest BCUT2D eigenvalue weighted by atomic mass is 9.81. The molecule has 1 unspecified atom stereocenters. The van der Waals surface area contributed by atoms with E-state index in [1.165, 1.54) is 24.3 Å². The maximum atomic E-state index is 15.0. The molecule has 10 nitrogen and oxygen atoms in total. The Bertz CT molecular complexity index is 1400. The van der Waals surface area contributed by atoms with E-state index in [9.17, 15) is 38.1 Å². The number of esters is 2. The Morgan fingerprint density at radius 3 is 2.08 bits per heavy atom. The molecule has 2 N–H and O–H groups in total. The van der Waals surface area contributed by atoms with E-state index >= 15 is 4.39 Å². The fraction of sp³-hybridized carbons (Fsp3) is 0.136. The molecule has 2 aromatic rings. The second kappa shape index (κ2) is 9.74. The van der Waals surface area contributed by atoms with Crippen LogP contribution in [-0.4, -0.2) is 31.1 Å². The van der Waals surface area contributed by atoms with Crippen LogP contribution in [0.4, 0.5) is 28.9 Å². The largest absolute Gasteiger partial charge is 0.466 e. The maximum absolute atomic E-state index is 15.0. The molecule has 0 fully saturated rings. The van der Waals surface area contributed by atoms with Crippen molar-refractivity contribution in [2.24, 2.45) is 5.73 Å². The van der Waals surface area contributed by atoms with Gasteiger partial charge in [0.05, 0.1) is 42.3 Å². The van der Waals surface area contributed by atoms with Gasteiger partial charge in [0.25, 0.3) is 0 Å². The predicted molar refractivity (Wildman–Crippen MR) is 112 cm³/mol. The zero-order chi connectivity index (χ0) is 26.9. The Morgan fingerprint density at radius 2 is 1.58 bits per heavy atom. The number of nitrogens with two attached hydrogens (primary N) is 1. The summed E-state index contributed by atoms with van der Waals surface area (Å²) in [5.74, 6) is -14.9. The number of nitro groups is 1. The Morgan fingerprint density at radius 1 is 1.03 bits per heavy atom. The van der Waals surface area contributed by atoms with Crippen LogP contribution in [0, 0.1) is 44.7 Å². The van der Waals surface area contributed by atoms with Gasteiger partial charge in [0.1, 0.15) is 11.5 Å². The first-order valence-electron chi connectivity index (χ1n) is 9.69.